The molecule has 26 heavy (non-hydrogen) atoms. The first-order valence-corrected chi connectivity index (χ1v) is 15.0. The van der Waals surface area contributed by atoms with E-state index in [0.717, 1.165) is 31.2 Å². The molecule has 0 radical (unpaired) electrons. The van der Waals surface area contributed by atoms with Gasteiger partial charge in [-0.1, -0.05) is 90.0 Å². The molecule has 1 saturated heterocycles. The lowest BCUT2D eigenvalue weighted by atomic mass is 9.80. The van der Waals surface area contributed by atoms with Crippen molar-refractivity contribution in [3.8, 4) is 0 Å². The lowest BCUT2D eigenvalue weighted by Crippen LogP contribution is -2.83. The molecule has 1 heterocycles. The minimum absolute atomic E-state index is 0.0390. The Kier molecular flexibility index (Phi) is 4.99. The van der Waals surface area contributed by atoms with Crippen molar-refractivity contribution in [2.24, 2.45) is 5.41 Å². The van der Waals surface area contributed by atoms with Gasteiger partial charge in [-0.15, -0.1) is 0 Å². The third kappa shape index (κ3) is 2.73. The largest absolute Gasteiger partial charge is 0.223 e. The highest BCUT2D eigenvalue weighted by Crippen LogP contribution is 2.60. The molecule has 0 N–H and O–H groups in total. The van der Waals surface area contributed by atoms with Crippen molar-refractivity contribution >= 4 is 18.1 Å². The summed E-state index contributed by atoms with van der Waals surface area (Å²) in [5.74, 6) is 0. The third-order valence-corrected chi connectivity index (χ3v) is 14.1. The first-order valence-electron chi connectivity index (χ1n) is 10.0. The number of hydrogen-bond donors (Lipinski definition) is 0. The molecule has 0 aromatic heterocycles. The van der Waals surface area contributed by atoms with Gasteiger partial charge in [0.05, 0.1) is 14.1 Å². The average Bonchev–Trinajstić information content (AvgIpc) is 2.53. The van der Waals surface area contributed by atoms with Crippen LogP contribution in [0.4, 0.5) is 0 Å². The predicted molar refractivity (Wildman–Crippen MR) is 112 cm³/mol. The maximum absolute atomic E-state index is 14.0. The lowest BCUT2D eigenvalue weighted by molar-refractivity contribution is 0.0601. The van der Waals surface area contributed by atoms with Gasteiger partial charge in [0.2, 0.25) is 10.0 Å². The van der Waals surface area contributed by atoms with Crippen LogP contribution in [-0.2, 0) is 14.4 Å². The molecule has 1 aliphatic heterocycles. The smallest absolute Gasteiger partial charge is 0.211 e. The van der Waals surface area contributed by atoms with E-state index in [2.05, 4.69) is 40.4 Å². The summed E-state index contributed by atoms with van der Waals surface area (Å²) in [4.78, 5) is 0. The second-order valence-corrected chi connectivity index (χ2v) is 17.9. The minimum atomic E-state index is -3.37. The molecule has 1 aliphatic carbocycles. The average molecular weight is 394 g/mol. The molecule has 5 heteroatoms. The maximum Gasteiger partial charge on any atom is 0.223 e. The zero-order valence-corrected chi connectivity index (χ0v) is 19.1. The van der Waals surface area contributed by atoms with E-state index in [-0.39, 0.29) is 17.5 Å². The summed E-state index contributed by atoms with van der Waals surface area (Å²) in [5, 5.41) is 0. The second-order valence-electron chi connectivity index (χ2n) is 10.2. The van der Waals surface area contributed by atoms with Crippen LogP contribution in [0.25, 0.3) is 0 Å². The molecule has 2 atom stereocenters. The highest BCUT2D eigenvalue weighted by molar-refractivity contribution is 7.93. The number of benzene rings is 1. The quantitative estimate of drug-likeness (QED) is 0.666. The SMILES string of the molecule is CC(C)(C)[C@H]1N(C2CCCCC2)S(=O)(=O)[C@]1(c1ccccc1)[Si](C)(C)C. The van der Waals surface area contributed by atoms with E-state index >= 15 is 0 Å². The Morgan fingerprint density at radius 2 is 1.54 bits per heavy atom. The molecular weight excluding hydrogens is 358 g/mol. The number of rotatable bonds is 3. The van der Waals surface area contributed by atoms with E-state index in [1.165, 1.54) is 6.42 Å². The van der Waals surface area contributed by atoms with Gasteiger partial charge >= 0.3 is 0 Å². The molecule has 3 nitrogen and oxygen atoms in total. The third-order valence-electron chi connectivity index (χ3n) is 6.40. The van der Waals surface area contributed by atoms with Gasteiger partial charge in [0.1, 0.15) is 4.37 Å². The molecule has 146 valence electrons. The first kappa shape index (κ1) is 20.1. The Morgan fingerprint density at radius 1 is 1.00 bits per heavy atom. The van der Waals surface area contributed by atoms with Crippen LogP contribution in [0.5, 0.6) is 0 Å². The van der Waals surface area contributed by atoms with Crippen molar-refractivity contribution in [2.75, 3.05) is 0 Å². The fourth-order valence-corrected chi connectivity index (χ4v) is 14.2. The van der Waals surface area contributed by atoms with Crippen LogP contribution in [0.1, 0.15) is 58.4 Å². The Hall–Kier alpha value is -0.653. The van der Waals surface area contributed by atoms with Crippen molar-refractivity contribution in [3.63, 3.8) is 0 Å². The number of nitrogens with zero attached hydrogens (tertiary/aromatic N) is 1. The molecule has 2 fully saturated rings. The summed E-state index contributed by atoms with van der Waals surface area (Å²) in [5.41, 5.74) is 0.907. The Bertz CT molecular complexity index is 742. The number of sulfonamides is 1. The van der Waals surface area contributed by atoms with Crippen LogP contribution in [-0.4, -0.2) is 32.9 Å². The van der Waals surface area contributed by atoms with Gasteiger partial charge in [0, 0.05) is 6.04 Å². The van der Waals surface area contributed by atoms with E-state index in [0.29, 0.717) is 0 Å². The molecule has 1 aromatic rings. The molecule has 2 aliphatic rings. The van der Waals surface area contributed by atoms with E-state index in [1.807, 2.05) is 34.6 Å². The van der Waals surface area contributed by atoms with Crippen molar-refractivity contribution in [1.29, 1.82) is 0 Å². The molecule has 0 spiro atoms. The molecule has 0 bridgehead atoms. The van der Waals surface area contributed by atoms with Crippen LogP contribution < -0.4 is 0 Å². The molecular formula is C21H35NO2SSi. The Labute approximate surface area is 161 Å². The van der Waals surface area contributed by atoms with Gasteiger partial charge in [-0.3, -0.25) is 0 Å². The molecule has 0 unspecified atom stereocenters. The highest BCUT2D eigenvalue weighted by atomic mass is 32.2. The van der Waals surface area contributed by atoms with Crippen molar-refractivity contribution in [3.05, 3.63) is 35.9 Å². The van der Waals surface area contributed by atoms with E-state index in [9.17, 15) is 8.42 Å². The van der Waals surface area contributed by atoms with E-state index in [4.69, 9.17) is 0 Å². The summed E-state index contributed by atoms with van der Waals surface area (Å²) in [6.45, 7) is 13.4. The van der Waals surface area contributed by atoms with Crippen LogP contribution in [0, 0.1) is 5.41 Å². The van der Waals surface area contributed by atoms with E-state index in [1.54, 1.807) is 0 Å². The van der Waals surface area contributed by atoms with Crippen molar-refractivity contribution < 1.29 is 8.42 Å². The second kappa shape index (κ2) is 6.45. The zero-order chi connectivity index (χ0) is 19.4. The normalized spacial score (nSPS) is 30.8. The van der Waals surface area contributed by atoms with Crippen LogP contribution in [0.3, 0.4) is 0 Å². The van der Waals surface area contributed by atoms with Crippen LogP contribution in [0.2, 0.25) is 19.6 Å². The van der Waals surface area contributed by atoms with Crippen LogP contribution >= 0.6 is 0 Å². The standard InChI is InChI=1S/C21H35NO2SSi/c1-20(2,3)19-21(26(4,5)6,17-13-9-7-10-14-17)25(23,24)22(19)18-15-11-8-12-16-18/h7,9-10,13-14,18-19H,8,11-12,15-16H2,1-6H3/t19-,21-/m1/s1. The maximum atomic E-state index is 14.0. The fraction of sp³-hybridized carbons (Fsp3) is 0.714. The molecule has 1 saturated carbocycles. The molecule has 0 amide bonds. The fourth-order valence-electron chi connectivity index (χ4n) is 5.53. The van der Waals surface area contributed by atoms with Gasteiger partial charge in [-0.2, -0.15) is 4.31 Å². The summed E-state index contributed by atoms with van der Waals surface area (Å²) < 4.78 is 29.3. The minimum Gasteiger partial charge on any atom is -0.211 e. The van der Waals surface area contributed by atoms with Gasteiger partial charge < -0.3 is 0 Å². The summed E-state index contributed by atoms with van der Waals surface area (Å²) in [6, 6.07) is 10.3. The van der Waals surface area contributed by atoms with Gasteiger partial charge in [-0.05, 0) is 23.8 Å². The predicted octanol–water partition coefficient (Wildman–Crippen LogP) is 5.15. The summed E-state index contributed by atoms with van der Waals surface area (Å²) in [6.07, 6.45) is 5.57. The van der Waals surface area contributed by atoms with Crippen molar-refractivity contribution in [2.45, 2.75) is 89.0 Å². The molecule has 3 rings (SSSR count). The number of hydrogen-bond acceptors (Lipinski definition) is 2. The Balaban J connectivity index is 2.23. The van der Waals surface area contributed by atoms with Gasteiger partial charge in [0.15, 0.2) is 0 Å². The lowest BCUT2D eigenvalue weighted by Gasteiger charge is -2.67. The summed E-state index contributed by atoms with van der Waals surface area (Å²) >= 11 is 0. The van der Waals surface area contributed by atoms with Gasteiger partial charge in [0.25, 0.3) is 0 Å². The van der Waals surface area contributed by atoms with Crippen molar-refractivity contribution in [1.82, 2.24) is 4.31 Å². The monoisotopic (exact) mass is 393 g/mol. The highest BCUT2D eigenvalue weighted by Gasteiger charge is 2.75. The van der Waals surface area contributed by atoms with Crippen LogP contribution in [0.15, 0.2) is 30.3 Å². The zero-order valence-electron chi connectivity index (χ0n) is 17.2. The first-order chi connectivity index (χ1) is 12.0. The molecule has 1 aromatic carbocycles. The van der Waals surface area contributed by atoms with E-state index < -0.39 is 22.5 Å². The summed E-state index contributed by atoms with van der Waals surface area (Å²) in [7, 11) is -5.48. The van der Waals surface area contributed by atoms with Gasteiger partial charge in [-0.25, -0.2) is 8.42 Å². The topological polar surface area (TPSA) is 37.4 Å². The Morgan fingerprint density at radius 3 is 2.00 bits per heavy atom.